The van der Waals surface area contributed by atoms with Gasteiger partial charge >= 0.3 is 0 Å². The summed E-state index contributed by atoms with van der Waals surface area (Å²) >= 11 is 5.95. The first-order valence-corrected chi connectivity index (χ1v) is 7.31. The lowest BCUT2D eigenvalue weighted by molar-refractivity contribution is 0.205. The molecule has 1 fully saturated rings. The van der Waals surface area contributed by atoms with Gasteiger partial charge in [-0.1, -0.05) is 30.7 Å². The topological polar surface area (TPSA) is 15.3 Å². The van der Waals surface area contributed by atoms with Crippen LogP contribution in [0.25, 0.3) is 0 Å². The van der Waals surface area contributed by atoms with E-state index in [0.29, 0.717) is 12.1 Å². The maximum absolute atomic E-state index is 5.95. The summed E-state index contributed by atoms with van der Waals surface area (Å²) in [4.78, 5) is 2.58. The number of hydrogen-bond donors (Lipinski definition) is 1. The van der Waals surface area contributed by atoms with Crippen molar-refractivity contribution in [2.45, 2.75) is 38.8 Å². The van der Waals surface area contributed by atoms with Crippen LogP contribution in [-0.2, 0) is 0 Å². The van der Waals surface area contributed by atoms with Gasteiger partial charge in [0.25, 0.3) is 0 Å². The Kier molecular flexibility index (Phi) is 5.04. The SMILES string of the molecule is CCC1CN(C(C)c2ccc(Cl)cc2)CCCN1. The zero-order chi connectivity index (χ0) is 13.0. The molecule has 1 aliphatic rings. The first kappa shape index (κ1) is 13.9. The smallest absolute Gasteiger partial charge is 0.0406 e. The second-order valence-electron chi connectivity index (χ2n) is 5.14. The summed E-state index contributed by atoms with van der Waals surface area (Å²) in [6.45, 7) is 8.01. The van der Waals surface area contributed by atoms with Crippen LogP contribution < -0.4 is 5.32 Å². The highest BCUT2D eigenvalue weighted by molar-refractivity contribution is 6.30. The van der Waals surface area contributed by atoms with Crippen molar-refractivity contribution in [3.05, 3.63) is 34.9 Å². The maximum atomic E-state index is 5.95. The molecule has 2 rings (SSSR count). The molecule has 0 aliphatic carbocycles. The Morgan fingerprint density at radius 3 is 2.78 bits per heavy atom. The highest BCUT2D eigenvalue weighted by atomic mass is 35.5. The molecule has 0 spiro atoms. The fourth-order valence-corrected chi connectivity index (χ4v) is 2.73. The van der Waals surface area contributed by atoms with Gasteiger partial charge in [-0.3, -0.25) is 4.90 Å². The summed E-state index contributed by atoms with van der Waals surface area (Å²) in [5.41, 5.74) is 1.36. The van der Waals surface area contributed by atoms with E-state index in [-0.39, 0.29) is 0 Å². The molecule has 0 bridgehead atoms. The van der Waals surface area contributed by atoms with Crippen LogP contribution in [0.1, 0.15) is 38.3 Å². The van der Waals surface area contributed by atoms with E-state index in [1.165, 1.54) is 24.9 Å². The highest BCUT2D eigenvalue weighted by Crippen LogP contribution is 2.23. The Morgan fingerprint density at radius 2 is 2.11 bits per heavy atom. The quantitative estimate of drug-likeness (QED) is 0.901. The van der Waals surface area contributed by atoms with Crippen molar-refractivity contribution in [2.24, 2.45) is 0 Å². The van der Waals surface area contributed by atoms with Gasteiger partial charge in [0.1, 0.15) is 0 Å². The van der Waals surface area contributed by atoms with Crippen LogP contribution in [0.2, 0.25) is 5.02 Å². The summed E-state index contributed by atoms with van der Waals surface area (Å²) in [6, 6.07) is 9.36. The highest BCUT2D eigenvalue weighted by Gasteiger charge is 2.21. The van der Waals surface area contributed by atoms with Crippen LogP contribution in [0.3, 0.4) is 0 Å². The van der Waals surface area contributed by atoms with E-state index in [0.717, 1.165) is 18.1 Å². The first-order chi connectivity index (χ1) is 8.70. The van der Waals surface area contributed by atoms with Crippen molar-refractivity contribution in [2.75, 3.05) is 19.6 Å². The molecule has 1 heterocycles. The third kappa shape index (κ3) is 3.47. The Bertz CT molecular complexity index is 363. The molecular weight excluding hydrogens is 244 g/mol. The first-order valence-electron chi connectivity index (χ1n) is 6.93. The molecule has 1 aromatic rings. The minimum atomic E-state index is 0.469. The number of halogens is 1. The molecule has 1 aliphatic heterocycles. The van der Waals surface area contributed by atoms with Crippen LogP contribution in [-0.4, -0.2) is 30.6 Å². The standard InChI is InChI=1S/C15H23ClN2/c1-3-15-11-18(10-4-9-17-15)12(2)13-5-7-14(16)8-6-13/h5-8,12,15,17H,3-4,9-11H2,1-2H3. The molecule has 0 radical (unpaired) electrons. The molecule has 3 heteroatoms. The second kappa shape index (κ2) is 6.55. The van der Waals surface area contributed by atoms with Crippen LogP contribution in [0.5, 0.6) is 0 Å². The number of hydrogen-bond acceptors (Lipinski definition) is 2. The van der Waals surface area contributed by atoms with E-state index in [1.54, 1.807) is 0 Å². The van der Waals surface area contributed by atoms with Crippen LogP contribution in [0.4, 0.5) is 0 Å². The molecule has 2 nitrogen and oxygen atoms in total. The van der Waals surface area contributed by atoms with Gasteiger partial charge in [0.2, 0.25) is 0 Å². The summed E-state index contributed by atoms with van der Waals surface area (Å²) in [5.74, 6) is 0. The van der Waals surface area contributed by atoms with Crippen molar-refractivity contribution < 1.29 is 0 Å². The van der Waals surface area contributed by atoms with Crippen molar-refractivity contribution in [1.82, 2.24) is 10.2 Å². The van der Waals surface area contributed by atoms with Crippen LogP contribution >= 0.6 is 11.6 Å². The molecule has 100 valence electrons. The zero-order valence-corrected chi connectivity index (χ0v) is 12.1. The van der Waals surface area contributed by atoms with Gasteiger partial charge in [0.15, 0.2) is 0 Å². The molecule has 0 saturated carbocycles. The third-order valence-corrected chi connectivity index (χ3v) is 4.15. The van der Waals surface area contributed by atoms with E-state index in [2.05, 4.69) is 36.2 Å². The monoisotopic (exact) mass is 266 g/mol. The molecule has 1 aromatic carbocycles. The minimum Gasteiger partial charge on any atom is -0.313 e. The minimum absolute atomic E-state index is 0.469. The van der Waals surface area contributed by atoms with Crippen LogP contribution in [0, 0.1) is 0 Å². The zero-order valence-electron chi connectivity index (χ0n) is 11.3. The Morgan fingerprint density at radius 1 is 1.39 bits per heavy atom. The lowest BCUT2D eigenvalue weighted by Crippen LogP contribution is -2.38. The molecule has 1 N–H and O–H groups in total. The normalized spacial score (nSPS) is 23.6. The van der Waals surface area contributed by atoms with Gasteiger partial charge in [-0.2, -0.15) is 0 Å². The predicted molar refractivity (Wildman–Crippen MR) is 78.1 cm³/mol. The second-order valence-corrected chi connectivity index (χ2v) is 5.57. The molecule has 18 heavy (non-hydrogen) atoms. The summed E-state index contributed by atoms with van der Waals surface area (Å²) in [6.07, 6.45) is 2.43. The number of nitrogens with zero attached hydrogens (tertiary/aromatic N) is 1. The van der Waals surface area contributed by atoms with Crippen molar-refractivity contribution in [1.29, 1.82) is 0 Å². The van der Waals surface area contributed by atoms with Gasteiger partial charge in [-0.15, -0.1) is 0 Å². The molecule has 2 atom stereocenters. The van der Waals surface area contributed by atoms with Gasteiger partial charge in [0, 0.05) is 30.2 Å². The van der Waals surface area contributed by atoms with Gasteiger partial charge < -0.3 is 5.32 Å². The van der Waals surface area contributed by atoms with Gasteiger partial charge in [-0.25, -0.2) is 0 Å². The molecule has 2 unspecified atom stereocenters. The lowest BCUT2D eigenvalue weighted by atomic mass is 10.1. The molecule has 0 amide bonds. The number of benzene rings is 1. The average molecular weight is 267 g/mol. The van der Waals surface area contributed by atoms with E-state index in [1.807, 2.05) is 12.1 Å². The van der Waals surface area contributed by atoms with Crippen LogP contribution in [0.15, 0.2) is 24.3 Å². The number of rotatable bonds is 3. The molecule has 0 aromatic heterocycles. The number of nitrogens with one attached hydrogen (secondary N) is 1. The summed E-state index contributed by atoms with van der Waals surface area (Å²) < 4.78 is 0. The average Bonchev–Trinajstić information content (AvgIpc) is 2.64. The fraction of sp³-hybridized carbons (Fsp3) is 0.600. The maximum Gasteiger partial charge on any atom is 0.0406 e. The Labute approximate surface area is 115 Å². The van der Waals surface area contributed by atoms with E-state index in [4.69, 9.17) is 11.6 Å². The fourth-order valence-electron chi connectivity index (χ4n) is 2.60. The van der Waals surface area contributed by atoms with Crippen molar-refractivity contribution in [3.63, 3.8) is 0 Å². The molecule has 1 saturated heterocycles. The summed E-state index contributed by atoms with van der Waals surface area (Å²) in [5, 5.41) is 4.43. The van der Waals surface area contributed by atoms with E-state index < -0.39 is 0 Å². The van der Waals surface area contributed by atoms with Crippen molar-refractivity contribution in [3.8, 4) is 0 Å². The Hall–Kier alpha value is -0.570. The lowest BCUT2D eigenvalue weighted by Gasteiger charge is -2.30. The Balaban J connectivity index is 2.06. The largest absolute Gasteiger partial charge is 0.313 e. The van der Waals surface area contributed by atoms with Gasteiger partial charge in [0.05, 0.1) is 0 Å². The van der Waals surface area contributed by atoms with Crippen molar-refractivity contribution >= 4 is 11.6 Å². The van der Waals surface area contributed by atoms with Gasteiger partial charge in [-0.05, 0) is 44.0 Å². The summed E-state index contributed by atoms with van der Waals surface area (Å²) in [7, 11) is 0. The predicted octanol–water partition coefficient (Wildman–Crippen LogP) is 3.47. The van der Waals surface area contributed by atoms with E-state index >= 15 is 0 Å². The van der Waals surface area contributed by atoms with E-state index in [9.17, 15) is 0 Å². The molecular formula is C15H23ClN2. The third-order valence-electron chi connectivity index (χ3n) is 3.90.